The van der Waals surface area contributed by atoms with E-state index in [1.165, 1.54) is 0 Å². The highest BCUT2D eigenvalue weighted by atomic mass is 16.5. The normalized spacial score (nSPS) is 17.8. The minimum Gasteiger partial charge on any atom is -0.482 e. The lowest BCUT2D eigenvalue weighted by Gasteiger charge is -2.26. The molecule has 0 heterocycles. The monoisotopic (exact) mass is 292 g/mol. The number of nitrogen functional groups attached to an aromatic ring is 1. The largest absolute Gasteiger partial charge is 0.482 e. The van der Waals surface area contributed by atoms with Gasteiger partial charge in [0.2, 0.25) is 0 Å². The van der Waals surface area contributed by atoms with Crippen LogP contribution in [0.4, 0.5) is 5.69 Å². The molecule has 5 nitrogen and oxygen atoms in total. The second-order valence-electron chi connectivity index (χ2n) is 5.74. The predicted octanol–water partition coefficient (Wildman–Crippen LogP) is 1.85. The second-order valence-corrected chi connectivity index (χ2v) is 5.74. The van der Waals surface area contributed by atoms with Gasteiger partial charge in [0.05, 0.1) is 11.3 Å². The van der Waals surface area contributed by atoms with Gasteiger partial charge in [-0.1, -0.05) is 37.8 Å². The number of carbonyl (C=O) groups is 1. The minimum atomic E-state index is -0.766. The van der Waals surface area contributed by atoms with E-state index >= 15 is 0 Å². The summed E-state index contributed by atoms with van der Waals surface area (Å²) in [5.41, 5.74) is 5.48. The molecule has 21 heavy (non-hydrogen) atoms. The van der Waals surface area contributed by atoms with Crippen LogP contribution in [0.3, 0.4) is 0 Å². The van der Waals surface area contributed by atoms with E-state index < -0.39 is 5.60 Å². The van der Waals surface area contributed by atoms with Gasteiger partial charge in [-0.05, 0) is 25.0 Å². The summed E-state index contributed by atoms with van der Waals surface area (Å²) < 4.78 is 5.38. The number of nitrogens with two attached hydrogens (primary N) is 1. The van der Waals surface area contributed by atoms with Gasteiger partial charge < -0.3 is 20.9 Å². The van der Waals surface area contributed by atoms with Crippen LogP contribution in [0.1, 0.15) is 38.5 Å². The molecule has 0 spiro atoms. The summed E-state index contributed by atoms with van der Waals surface area (Å²) in [6.45, 7) is 0.198. The van der Waals surface area contributed by atoms with E-state index in [-0.39, 0.29) is 12.5 Å². The van der Waals surface area contributed by atoms with Crippen LogP contribution in [0.15, 0.2) is 24.3 Å². The van der Waals surface area contributed by atoms with Crippen molar-refractivity contribution in [3.63, 3.8) is 0 Å². The van der Waals surface area contributed by atoms with Crippen molar-refractivity contribution in [1.29, 1.82) is 0 Å². The van der Waals surface area contributed by atoms with Gasteiger partial charge in [-0.3, -0.25) is 4.79 Å². The molecule has 5 heteroatoms. The molecule has 0 bridgehead atoms. The molecule has 116 valence electrons. The van der Waals surface area contributed by atoms with Gasteiger partial charge in [0, 0.05) is 6.54 Å². The number of nitrogens with one attached hydrogen (secondary N) is 1. The van der Waals surface area contributed by atoms with Gasteiger partial charge >= 0.3 is 0 Å². The van der Waals surface area contributed by atoms with Crippen LogP contribution in [0.5, 0.6) is 5.75 Å². The van der Waals surface area contributed by atoms with Crippen LogP contribution in [-0.4, -0.2) is 29.8 Å². The number of para-hydroxylation sites is 2. The van der Waals surface area contributed by atoms with Crippen molar-refractivity contribution in [2.75, 3.05) is 18.9 Å². The highest BCUT2D eigenvalue weighted by Gasteiger charge is 2.28. The first-order chi connectivity index (χ1) is 10.1. The Labute approximate surface area is 125 Å². The zero-order valence-electron chi connectivity index (χ0n) is 12.3. The van der Waals surface area contributed by atoms with Crippen molar-refractivity contribution in [2.45, 2.75) is 44.1 Å². The fourth-order valence-corrected chi connectivity index (χ4v) is 2.63. The number of benzene rings is 1. The van der Waals surface area contributed by atoms with E-state index in [0.717, 1.165) is 38.5 Å². The zero-order chi connectivity index (χ0) is 15.1. The Balaban J connectivity index is 1.75. The lowest BCUT2D eigenvalue weighted by Crippen LogP contribution is -2.44. The summed E-state index contributed by atoms with van der Waals surface area (Å²) >= 11 is 0. The molecule has 0 aliphatic heterocycles. The lowest BCUT2D eigenvalue weighted by atomic mass is 9.94. The molecule has 2 rings (SSSR count). The van der Waals surface area contributed by atoms with Crippen molar-refractivity contribution in [3.05, 3.63) is 24.3 Å². The van der Waals surface area contributed by atoms with Crippen molar-refractivity contribution < 1.29 is 14.6 Å². The summed E-state index contributed by atoms with van der Waals surface area (Å²) in [6, 6.07) is 7.06. The molecule has 1 aliphatic carbocycles. The predicted molar refractivity (Wildman–Crippen MR) is 82.0 cm³/mol. The van der Waals surface area contributed by atoms with E-state index in [4.69, 9.17) is 10.5 Å². The van der Waals surface area contributed by atoms with Crippen LogP contribution < -0.4 is 15.8 Å². The molecule has 1 amide bonds. The zero-order valence-corrected chi connectivity index (χ0v) is 12.3. The van der Waals surface area contributed by atoms with Gasteiger partial charge in [-0.2, -0.15) is 0 Å². The number of carbonyl (C=O) groups excluding carboxylic acids is 1. The topological polar surface area (TPSA) is 84.6 Å². The Morgan fingerprint density at radius 1 is 1.24 bits per heavy atom. The third-order valence-corrected chi connectivity index (χ3v) is 3.93. The highest BCUT2D eigenvalue weighted by Crippen LogP contribution is 2.26. The van der Waals surface area contributed by atoms with Gasteiger partial charge in [0.25, 0.3) is 5.91 Å². The fourth-order valence-electron chi connectivity index (χ4n) is 2.63. The first-order valence-electron chi connectivity index (χ1n) is 7.55. The quantitative estimate of drug-likeness (QED) is 0.571. The van der Waals surface area contributed by atoms with Gasteiger partial charge in [-0.15, -0.1) is 0 Å². The van der Waals surface area contributed by atoms with Crippen LogP contribution in [-0.2, 0) is 4.79 Å². The van der Waals surface area contributed by atoms with E-state index in [9.17, 15) is 9.90 Å². The smallest absolute Gasteiger partial charge is 0.258 e. The third-order valence-electron chi connectivity index (χ3n) is 3.93. The van der Waals surface area contributed by atoms with Crippen LogP contribution >= 0.6 is 0 Å². The Morgan fingerprint density at radius 3 is 2.57 bits per heavy atom. The SMILES string of the molecule is Nc1ccccc1OCC(=O)NCC1(O)CCCCCC1. The molecule has 1 aromatic rings. The average Bonchev–Trinajstić information content (AvgIpc) is 2.70. The summed E-state index contributed by atoms with van der Waals surface area (Å²) in [4.78, 5) is 11.8. The van der Waals surface area contributed by atoms with E-state index in [2.05, 4.69) is 5.32 Å². The molecule has 1 fully saturated rings. The minimum absolute atomic E-state index is 0.0930. The molecule has 0 aromatic heterocycles. The van der Waals surface area contributed by atoms with Crippen LogP contribution in [0.2, 0.25) is 0 Å². The Hall–Kier alpha value is -1.75. The number of rotatable bonds is 5. The maximum atomic E-state index is 11.8. The maximum absolute atomic E-state index is 11.8. The Bertz CT molecular complexity index is 468. The first kappa shape index (κ1) is 15.6. The molecule has 4 N–H and O–H groups in total. The summed E-state index contributed by atoms with van der Waals surface area (Å²) in [7, 11) is 0. The van der Waals surface area contributed by atoms with Gasteiger partial charge in [-0.25, -0.2) is 0 Å². The van der Waals surface area contributed by atoms with Gasteiger partial charge in [0.1, 0.15) is 5.75 Å². The standard InChI is InChI=1S/C16H24N2O3/c17-13-7-3-4-8-14(13)21-11-15(19)18-12-16(20)9-5-1-2-6-10-16/h3-4,7-8,20H,1-2,5-6,9-12,17H2,(H,18,19). The second kappa shape index (κ2) is 7.31. The average molecular weight is 292 g/mol. The van der Waals surface area contributed by atoms with E-state index in [1.54, 1.807) is 18.2 Å². The lowest BCUT2D eigenvalue weighted by molar-refractivity contribution is -0.124. The maximum Gasteiger partial charge on any atom is 0.258 e. The van der Waals surface area contributed by atoms with E-state index in [1.807, 2.05) is 6.07 Å². The van der Waals surface area contributed by atoms with Gasteiger partial charge in [0.15, 0.2) is 6.61 Å². The summed E-state index contributed by atoms with van der Waals surface area (Å²) in [5, 5.41) is 13.2. The number of ether oxygens (including phenoxy) is 1. The molecule has 1 aliphatic rings. The van der Waals surface area contributed by atoms with Crippen molar-refractivity contribution in [1.82, 2.24) is 5.32 Å². The molecule has 0 atom stereocenters. The number of aliphatic hydroxyl groups is 1. The first-order valence-corrected chi connectivity index (χ1v) is 7.55. The molecule has 1 aromatic carbocycles. The number of anilines is 1. The molecule has 0 saturated heterocycles. The fraction of sp³-hybridized carbons (Fsp3) is 0.562. The highest BCUT2D eigenvalue weighted by molar-refractivity contribution is 5.77. The van der Waals surface area contributed by atoms with Crippen molar-refractivity contribution >= 4 is 11.6 Å². The molecular formula is C16H24N2O3. The number of hydrogen-bond acceptors (Lipinski definition) is 4. The Morgan fingerprint density at radius 2 is 1.90 bits per heavy atom. The van der Waals surface area contributed by atoms with Crippen LogP contribution in [0, 0.1) is 0 Å². The molecule has 1 saturated carbocycles. The van der Waals surface area contributed by atoms with E-state index in [0.29, 0.717) is 18.0 Å². The van der Waals surface area contributed by atoms with Crippen molar-refractivity contribution in [3.8, 4) is 5.75 Å². The summed E-state index contributed by atoms with van der Waals surface area (Å²) in [5.74, 6) is 0.261. The summed E-state index contributed by atoms with van der Waals surface area (Å²) in [6.07, 6.45) is 5.85. The van der Waals surface area contributed by atoms with Crippen LogP contribution in [0.25, 0.3) is 0 Å². The van der Waals surface area contributed by atoms with Crippen molar-refractivity contribution in [2.24, 2.45) is 0 Å². The molecule has 0 unspecified atom stereocenters. The number of amides is 1. The molecular weight excluding hydrogens is 268 g/mol. The third kappa shape index (κ3) is 4.93. The Kier molecular flexibility index (Phi) is 5.44. The number of hydrogen-bond donors (Lipinski definition) is 3. The molecule has 0 radical (unpaired) electrons.